The largest absolute Gasteiger partial charge is 0.337 e. The van der Waals surface area contributed by atoms with Crippen LogP contribution < -0.4 is 0 Å². The third kappa shape index (κ3) is 1.30. The predicted octanol–water partition coefficient (Wildman–Crippen LogP) is 2.96. The van der Waals surface area contributed by atoms with Crippen LogP contribution >= 0.6 is 11.3 Å². The molecular weight excluding hydrogens is 232 g/mol. The summed E-state index contributed by atoms with van der Waals surface area (Å²) in [6.07, 6.45) is 1.62. The Labute approximate surface area is 92.8 Å². The quantitative estimate of drug-likeness (QED) is 0.707. The first-order chi connectivity index (χ1) is 7.75. The minimum Gasteiger partial charge on any atom is -0.337 e. The number of thiazole rings is 1. The van der Waals surface area contributed by atoms with Crippen LogP contribution in [0.25, 0.3) is 21.7 Å². The highest BCUT2D eigenvalue weighted by Crippen LogP contribution is 2.25. The molecule has 0 aliphatic carbocycles. The van der Waals surface area contributed by atoms with Gasteiger partial charge in [-0.2, -0.15) is 0 Å². The molecule has 0 aliphatic rings. The Balaban J connectivity index is 2.28. The second-order valence-electron chi connectivity index (χ2n) is 3.21. The fraction of sp³-hybridized carbons (Fsp3) is 0. The summed E-state index contributed by atoms with van der Waals surface area (Å²) in [5, 5.41) is 0. The second kappa shape index (κ2) is 3.34. The molecule has 0 fully saturated rings. The summed E-state index contributed by atoms with van der Waals surface area (Å²) in [5.41, 5.74) is 2.14. The van der Waals surface area contributed by atoms with Crippen molar-refractivity contribution in [1.82, 2.24) is 15.0 Å². The molecule has 0 aliphatic heterocycles. The van der Waals surface area contributed by atoms with Crippen molar-refractivity contribution in [3.8, 4) is 10.7 Å². The summed E-state index contributed by atoms with van der Waals surface area (Å²) in [6.45, 7) is 0. The van der Waals surface area contributed by atoms with Crippen LogP contribution in [-0.4, -0.2) is 15.0 Å². The van der Waals surface area contributed by atoms with E-state index >= 15 is 0 Å². The average Bonchev–Trinajstić information content (AvgIpc) is 2.91. The highest BCUT2D eigenvalue weighted by atomic mass is 32.1. The van der Waals surface area contributed by atoms with Gasteiger partial charge >= 0.3 is 0 Å². The second-order valence-corrected chi connectivity index (χ2v) is 4.09. The van der Waals surface area contributed by atoms with Crippen molar-refractivity contribution in [1.29, 1.82) is 0 Å². The number of nitrogens with zero attached hydrogens (tertiary/aromatic N) is 2. The molecule has 1 N–H and O–H groups in total. The number of aromatic nitrogens is 3. The first-order valence-corrected chi connectivity index (χ1v) is 5.36. The molecule has 2 heterocycles. The fourth-order valence-corrected chi connectivity index (χ4v) is 2.03. The zero-order chi connectivity index (χ0) is 11.1. The molecule has 0 saturated heterocycles. The van der Waals surface area contributed by atoms with Gasteiger partial charge in [0.25, 0.3) is 0 Å². The lowest BCUT2D eigenvalue weighted by atomic mass is 10.3. The maximum Gasteiger partial charge on any atom is 0.186 e. The van der Waals surface area contributed by atoms with Gasteiger partial charge in [-0.1, -0.05) is 0 Å². The van der Waals surface area contributed by atoms with E-state index in [0.29, 0.717) is 11.3 Å². The standard InChI is InChI=1S/C10H5F2N3S/c11-5-1-2-6-9(8(5)12)15-10(14-6)7-3-13-4-16-7/h1-4H,(H,14,15). The van der Waals surface area contributed by atoms with Gasteiger partial charge in [0.1, 0.15) is 11.3 Å². The number of fused-ring (bicyclic) bond motifs is 1. The number of hydrogen-bond donors (Lipinski definition) is 1. The first-order valence-electron chi connectivity index (χ1n) is 4.48. The Bertz CT molecular complexity index is 645. The maximum absolute atomic E-state index is 13.4. The highest BCUT2D eigenvalue weighted by molar-refractivity contribution is 7.13. The molecule has 3 nitrogen and oxygen atoms in total. The Hall–Kier alpha value is -1.82. The Kier molecular flexibility index (Phi) is 1.97. The van der Waals surface area contributed by atoms with Gasteiger partial charge < -0.3 is 4.98 Å². The smallest absolute Gasteiger partial charge is 0.186 e. The molecule has 0 saturated carbocycles. The molecule has 2 aromatic heterocycles. The van der Waals surface area contributed by atoms with Crippen LogP contribution in [0.15, 0.2) is 23.8 Å². The Morgan fingerprint density at radius 2 is 2.12 bits per heavy atom. The Morgan fingerprint density at radius 1 is 1.25 bits per heavy atom. The van der Waals surface area contributed by atoms with Crippen molar-refractivity contribution in [2.45, 2.75) is 0 Å². The lowest BCUT2D eigenvalue weighted by molar-refractivity contribution is 0.515. The van der Waals surface area contributed by atoms with Crippen molar-refractivity contribution in [3.05, 3.63) is 35.5 Å². The van der Waals surface area contributed by atoms with Crippen molar-refractivity contribution in [2.24, 2.45) is 0 Å². The molecule has 0 unspecified atom stereocenters. The molecule has 16 heavy (non-hydrogen) atoms. The number of rotatable bonds is 1. The SMILES string of the molecule is Fc1ccc2[nH]c(-c3cncs3)nc2c1F. The van der Waals surface area contributed by atoms with Crippen LogP contribution in [0.3, 0.4) is 0 Å². The fourth-order valence-electron chi connectivity index (χ4n) is 1.47. The molecule has 3 aromatic rings. The molecule has 0 radical (unpaired) electrons. The van der Waals surface area contributed by atoms with Gasteiger partial charge in [0.15, 0.2) is 11.6 Å². The van der Waals surface area contributed by atoms with E-state index in [-0.39, 0.29) is 5.52 Å². The van der Waals surface area contributed by atoms with Crippen LogP contribution in [0.4, 0.5) is 8.78 Å². The lowest BCUT2D eigenvalue weighted by Crippen LogP contribution is -1.84. The maximum atomic E-state index is 13.4. The van der Waals surface area contributed by atoms with E-state index in [4.69, 9.17) is 0 Å². The van der Waals surface area contributed by atoms with Crippen LogP contribution in [0, 0.1) is 11.6 Å². The molecule has 3 rings (SSSR count). The zero-order valence-corrected chi connectivity index (χ0v) is 8.68. The summed E-state index contributed by atoms with van der Waals surface area (Å²) in [7, 11) is 0. The number of aromatic amines is 1. The molecular formula is C10H5F2N3S. The summed E-state index contributed by atoms with van der Waals surface area (Å²) in [4.78, 5) is 11.6. The van der Waals surface area contributed by atoms with Gasteiger partial charge in [-0.25, -0.2) is 13.8 Å². The van der Waals surface area contributed by atoms with E-state index in [1.54, 1.807) is 11.7 Å². The van der Waals surface area contributed by atoms with Gasteiger partial charge in [0, 0.05) is 6.20 Å². The highest BCUT2D eigenvalue weighted by Gasteiger charge is 2.13. The van der Waals surface area contributed by atoms with E-state index in [0.717, 1.165) is 10.9 Å². The number of halogens is 2. The topological polar surface area (TPSA) is 41.6 Å². The monoisotopic (exact) mass is 237 g/mol. The predicted molar refractivity (Wildman–Crippen MR) is 57.1 cm³/mol. The van der Waals surface area contributed by atoms with Gasteiger partial charge in [-0.15, -0.1) is 11.3 Å². The normalized spacial score (nSPS) is 11.1. The van der Waals surface area contributed by atoms with Gasteiger partial charge in [-0.05, 0) is 12.1 Å². The summed E-state index contributed by atoms with van der Waals surface area (Å²) < 4.78 is 26.3. The van der Waals surface area contributed by atoms with E-state index in [1.807, 2.05) is 0 Å². The number of H-pyrrole nitrogens is 1. The molecule has 0 spiro atoms. The molecule has 0 atom stereocenters. The van der Waals surface area contributed by atoms with E-state index < -0.39 is 11.6 Å². The van der Waals surface area contributed by atoms with E-state index in [1.165, 1.54) is 17.4 Å². The van der Waals surface area contributed by atoms with E-state index in [9.17, 15) is 8.78 Å². The van der Waals surface area contributed by atoms with Gasteiger partial charge in [-0.3, -0.25) is 4.98 Å². The van der Waals surface area contributed by atoms with Crippen LogP contribution in [-0.2, 0) is 0 Å². The average molecular weight is 237 g/mol. The van der Waals surface area contributed by atoms with Crippen LogP contribution in [0.2, 0.25) is 0 Å². The lowest BCUT2D eigenvalue weighted by Gasteiger charge is -1.91. The summed E-state index contributed by atoms with van der Waals surface area (Å²) in [6, 6.07) is 2.54. The summed E-state index contributed by atoms with van der Waals surface area (Å²) in [5.74, 6) is -1.32. The zero-order valence-electron chi connectivity index (χ0n) is 7.87. The Morgan fingerprint density at radius 3 is 2.88 bits per heavy atom. The minimum atomic E-state index is -0.926. The van der Waals surface area contributed by atoms with Crippen LogP contribution in [0.5, 0.6) is 0 Å². The number of hydrogen-bond acceptors (Lipinski definition) is 3. The van der Waals surface area contributed by atoms with E-state index in [2.05, 4.69) is 15.0 Å². The third-order valence-corrected chi connectivity index (χ3v) is 2.99. The number of nitrogens with one attached hydrogen (secondary N) is 1. The molecule has 80 valence electrons. The molecule has 0 bridgehead atoms. The molecule has 1 aromatic carbocycles. The van der Waals surface area contributed by atoms with Crippen molar-refractivity contribution in [3.63, 3.8) is 0 Å². The first kappa shape index (κ1) is 9.41. The van der Waals surface area contributed by atoms with Crippen molar-refractivity contribution in [2.75, 3.05) is 0 Å². The number of imidazole rings is 1. The van der Waals surface area contributed by atoms with Crippen molar-refractivity contribution >= 4 is 22.4 Å². The molecule has 0 amide bonds. The number of benzene rings is 1. The minimum absolute atomic E-state index is 0.0170. The molecule has 6 heteroatoms. The summed E-state index contributed by atoms with van der Waals surface area (Å²) >= 11 is 1.38. The van der Waals surface area contributed by atoms with Gasteiger partial charge in [0.05, 0.1) is 15.9 Å². The third-order valence-electron chi connectivity index (χ3n) is 2.21. The van der Waals surface area contributed by atoms with Crippen LogP contribution in [0.1, 0.15) is 0 Å². The van der Waals surface area contributed by atoms with Crippen molar-refractivity contribution < 1.29 is 8.78 Å². The van der Waals surface area contributed by atoms with Gasteiger partial charge in [0.2, 0.25) is 0 Å².